The molecule has 1 atom stereocenters. The lowest BCUT2D eigenvalue weighted by atomic mass is 9.96. The van der Waals surface area contributed by atoms with E-state index in [1.165, 1.54) is 27.4 Å². The number of hydrogen-bond donors (Lipinski definition) is 0. The van der Waals surface area contributed by atoms with Gasteiger partial charge in [-0.1, -0.05) is 18.2 Å². The van der Waals surface area contributed by atoms with E-state index in [4.69, 9.17) is 18.9 Å². The van der Waals surface area contributed by atoms with E-state index in [-0.39, 0.29) is 18.6 Å². The van der Waals surface area contributed by atoms with Gasteiger partial charge in [0.25, 0.3) is 5.91 Å². The third-order valence-electron chi connectivity index (χ3n) is 5.23. The van der Waals surface area contributed by atoms with Gasteiger partial charge in [0.1, 0.15) is 0 Å². The maximum Gasteiger partial charge on any atom is 0.331 e. The van der Waals surface area contributed by atoms with Gasteiger partial charge in [-0.25, -0.2) is 4.79 Å². The zero-order valence-electron chi connectivity index (χ0n) is 18.2. The van der Waals surface area contributed by atoms with Gasteiger partial charge >= 0.3 is 5.97 Å². The zero-order valence-corrected chi connectivity index (χ0v) is 18.2. The Balaban J connectivity index is 1.65. The van der Waals surface area contributed by atoms with Gasteiger partial charge in [0, 0.05) is 17.8 Å². The summed E-state index contributed by atoms with van der Waals surface area (Å²) in [5, 5.41) is 0. The molecule has 0 radical (unpaired) electrons. The largest absolute Gasteiger partial charge is 0.493 e. The van der Waals surface area contributed by atoms with Crippen molar-refractivity contribution < 1.29 is 28.5 Å². The summed E-state index contributed by atoms with van der Waals surface area (Å²) in [5.74, 6) is 0.561. The van der Waals surface area contributed by atoms with Gasteiger partial charge in [0.05, 0.1) is 21.3 Å². The Morgan fingerprint density at radius 3 is 2.39 bits per heavy atom. The Morgan fingerprint density at radius 1 is 1.06 bits per heavy atom. The molecule has 0 saturated heterocycles. The fourth-order valence-electron chi connectivity index (χ4n) is 3.68. The molecule has 0 N–H and O–H groups in total. The average molecular weight is 425 g/mol. The van der Waals surface area contributed by atoms with Crippen LogP contribution in [0.3, 0.4) is 0 Å². The van der Waals surface area contributed by atoms with E-state index in [0.717, 1.165) is 24.1 Å². The molecule has 1 unspecified atom stereocenters. The van der Waals surface area contributed by atoms with E-state index < -0.39 is 5.97 Å². The topological polar surface area (TPSA) is 74.3 Å². The molecule has 164 valence electrons. The number of carbonyl (C=O) groups excluding carboxylic acids is 2. The number of hydrogen-bond acceptors (Lipinski definition) is 6. The minimum Gasteiger partial charge on any atom is -0.493 e. The fraction of sp³-hybridized carbons (Fsp3) is 0.333. The van der Waals surface area contributed by atoms with Crippen LogP contribution >= 0.6 is 0 Å². The van der Waals surface area contributed by atoms with E-state index >= 15 is 0 Å². The molecule has 0 aromatic heterocycles. The molecule has 0 fully saturated rings. The first kappa shape index (κ1) is 22.2. The third-order valence-corrected chi connectivity index (χ3v) is 5.23. The minimum absolute atomic E-state index is 0.0517. The lowest BCUT2D eigenvalue weighted by Crippen LogP contribution is -2.44. The number of amides is 1. The highest BCUT2D eigenvalue weighted by atomic mass is 16.5. The van der Waals surface area contributed by atoms with Crippen molar-refractivity contribution in [3.05, 3.63) is 53.6 Å². The number of carbonyl (C=O) groups is 2. The summed E-state index contributed by atoms with van der Waals surface area (Å²) in [5.41, 5.74) is 2.68. The highest BCUT2D eigenvalue weighted by Crippen LogP contribution is 2.38. The van der Waals surface area contributed by atoms with Gasteiger partial charge in [0.15, 0.2) is 18.1 Å². The molecular weight excluding hydrogens is 398 g/mol. The van der Waals surface area contributed by atoms with Gasteiger partial charge in [-0.3, -0.25) is 4.79 Å². The maximum absolute atomic E-state index is 12.8. The summed E-state index contributed by atoms with van der Waals surface area (Å²) < 4.78 is 21.1. The lowest BCUT2D eigenvalue weighted by Gasteiger charge is -2.35. The molecule has 7 nitrogen and oxygen atoms in total. The zero-order chi connectivity index (χ0) is 22.4. The normalized spacial score (nSPS) is 15.4. The second-order valence-corrected chi connectivity index (χ2v) is 7.18. The van der Waals surface area contributed by atoms with Crippen LogP contribution in [-0.2, 0) is 20.7 Å². The summed E-state index contributed by atoms with van der Waals surface area (Å²) in [4.78, 5) is 26.7. The standard InChI is InChI=1S/C24H27NO6/c1-16-9-11-18-7-5-6-8-19(18)25(16)22(26)15-31-23(27)12-10-17-13-20(28-2)24(30-4)21(14-17)29-3/h5-8,10,12-14,16H,9,11,15H2,1-4H3/b12-10+. The van der Waals surface area contributed by atoms with E-state index in [0.29, 0.717) is 22.8 Å². The summed E-state index contributed by atoms with van der Waals surface area (Å²) in [6.07, 6.45) is 4.63. The van der Waals surface area contributed by atoms with Crippen molar-refractivity contribution in [2.45, 2.75) is 25.8 Å². The molecular formula is C24H27NO6. The number of fused-ring (bicyclic) bond motifs is 1. The summed E-state index contributed by atoms with van der Waals surface area (Å²) >= 11 is 0. The van der Waals surface area contributed by atoms with Crippen molar-refractivity contribution in [2.75, 3.05) is 32.8 Å². The number of anilines is 1. The predicted octanol–water partition coefficient (Wildman–Crippen LogP) is 3.64. The van der Waals surface area contributed by atoms with Gasteiger partial charge in [0.2, 0.25) is 5.75 Å². The Labute approximate surface area is 182 Å². The molecule has 3 rings (SSSR count). The van der Waals surface area contributed by atoms with Crippen LogP contribution in [0, 0.1) is 0 Å². The molecule has 0 bridgehead atoms. The first-order valence-corrected chi connectivity index (χ1v) is 10.0. The number of benzene rings is 2. The van der Waals surface area contributed by atoms with Crippen LogP contribution in [-0.4, -0.2) is 45.9 Å². The molecule has 1 aliphatic rings. The van der Waals surface area contributed by atoms with Crippen LogP contribution in [0.25, 0.3) is 6.08 Å². The molecule has 0 aliphatic carbocycles. The highest BCUT2D eigenvalue weighted by Gasteiger charge is 2.28. The molecule has 0 saturated carbocycles. The Morgan fingerprint density at radius 2 is 1.74 bits per heavy atom. The quantitative estimate of drug-likeness (QED) is 0.498. The van der Waals surface area contributed by atoms with E-state index in [1.54, 1.807) is 23.1 Å². The minimum atomic E-state index is -0.611. The number of rotatable bonds is 7. The average Bonchev–Trinajstić information content (AvgIpc) is 2.80. The van der Waals surface area contributed by atoms with E-state index in [1.807, 2.05) is 31.2 Å². The number of methoxy groups -OCH3 is 3. The van der Waals surface area contributed by atoms with Crippen LogP contribution in [0.15, 0.2) is 42.5 Å². The second-order valence-electron chi connectivity index (χ2n) is 7.18. The predicted molar refractivity (Wildman–Crippen MR) is 118 cm³/mol. The molecule has 1 amide bonds. The van der Waals surface area contributed by atoms with Crippen molar-refractivity contribution in [3.63, 3.8) is 0 Å². The molecule has 31 heavy (non-hydrogen) atoms. The monoisotopic (exact) mass is 425 g/mol. The van der Waals surface area contributed by atoms with Gasteiger partial charge in [-0.15, -0.1) is 0 Å². The van der Waals surface area contributed by atoms with E-state index in [9.17, 15) is 9.59 Å². The Bertz CT molecular complexity index is 959. The van der Waals surface area contributed by atoms with Crippen LogP contribution in [0.2, 0.25) is 0 Å². The molecule has 1 heterocycles. The number of aryl methyl sites for hydroxylation is 1. The number of para-hydroxylation sites is 1. The van der Waals surface area contributed by atoms with Crippen LogP contribution in [0.4, 0.5) is 5.69 Å². The number of ether oxygens (including phenoxy) is 4. The van der Waals surface area contributed by atoms with Crippen LogP contribution < -0.4 is 19.1 Å². The van der Waals surface area contributed by atoms with E-state index in [2.05, 4.69) is 0 Å². The summed E-state index contributed by atoms with van der Waals surface area (Å²) in [6.45, 7) is 1.68. The summed E-state index contributed by atoms with van der Waals surface area (Å²) in [6, 6.07) is 11.3. The van der Waals surface area contributed by atoms with Gasteiger partial charge in [-0.2, -0.15) is 0 Å². The third kappa shape index (κ3) is 4.99. The van der Waals surface area contributed by atoms with Gasteiger partial charge < -0.3 is 23.8 Å². The Hall–Kier alpha value is -3.48. The second kappa shape index (κ2) is 10.0. The molecule has 2 aromatic rings. The molecule has 0 spiro atoms. The van der Waals surface area contributed by atoms with Crippen molar-refractivity contribution in [2.24, 2.45) is 0 Å². The first-order valence-electron chi connectivity index (χ1n) is 10.0. The highest BCUT2D eigenvalue weighted by molar-refractivity contribution is 5.98. The van der Waals surface area contributed by atoms with Gasteiger partial charge in [-0.05, 0) is 55.2 Å². The number of nitrogens with zero attached hydrogens (tertiary/aromatic N) is 1. The fourth-order valence-corrected chi connectivity index (χ4v) is 3.68. The smallest absolute Gasteiger partial charge is 0.331 e. The van der Waals surface area contributed by atoms with Crippen LogP contribution in [0.1, 0.15) is 24.5 Å². The van der Waals surface area contributed by atoms with Crippen molar-refractivity contribution in [3.8, 4) is 17.2 Å². The van der Waals surface area contributed by atoms with Crippen molar-refractivity contribution >= 4 is 23.6 Å². The van der Waals surface area contributed by atoms with Crippen molar-refractivity contribution in [1.82, 2.24) is 0 Å². The SMILES string of the molecule is COc1cc(/C=C/C(=O)OCC(=O)N2c3ccccc3CCC2C)cc(OC)c1OC. The molecule has 1 aliphatic heterocycles. The molecule has 2 aromatic carbocycles. The van der Waals surface area contributed by atoms with Crippen LogP contribution in [0.5, 0.6) is 17.2 Å². The maximum atomic E-state index is 12.8. The number of esters is 1. The summed E-state index contributed by atoms with van der Waals surface area (Å²) in [7, 11) is 4.56. The lowest BCUT2D eigenvalue weighted by molar-refractivity contribution is -0.143. The van der Waals surface area contributed by atoms with Crippen molar-refractivity contribution in [1.29, 1.82) is 0 Å². The molecule has 7 heteroatoms. The Kier molecular flexibility index (Phi) is 7.18. The first-order chi connectivity index (χ1) is 15.0.